The molecule has 1 amide bonds. The summed E-state index contributed by atoms with van der Waals surface area (Å²) in [6, 6.07) is 0. The van der Waals surface area contributed by atoms with Gasteiger partial charge in [0.25, 0.3) is 0 Å². The maximum atomic E-state index is 12.0. The van der Waals surface area contributed by atoms with E-state index in [-0.39, 0.29) is 6.10 Å². The lowest BCUT2D eigenvalue weighted by atomic mass is 10.3. The minimum atomic E-state index is 0.0952. The van der Waals surface area contributed by atoms with E-state index in [1.807, 2.05) is 11.1 Å². The molecule has 0 radical (unpaired) electrons. The Morgan fingerprint density at radius 1 is 1.45 bits per heavy atom. The SMILES string of the molecule is COCCn1cc(OC2CCN(C(=O)C3CC3)C2)cn1. The molecule has 0 spiro atoms. The number of methoxy groups -OCH3 is 1. The van der Waals surface area contributed by atoms with Crippen LogP contribution in [0.15, 0.2) is 12.4 Å². The van der Waals surface area contributed by atoms with E-state index >= 15 is 0 Å². The molecule has 3 rings (SSSR count). The first-order valence-corrected chi connectivity index (χ1v) is 7.23. The third-order valence-electron chi connectivity index (χ3n) is 3.82. The number of hydrogen-bond donors (Lipinski definition) is 0. The second-order valence-corrected chi connectivity index (χ2v) is 5.52. The van der Waals surface area contributed by atoms with Crippen LogP contribution >= 0.6 is 0 Å². The highest BCUT2D eigenvalue weighted by Crippen LogP contribution is 2.32. The lowest BCUT2D eigenvalue weighted by molar-refractivity contribution is -0.131. The van der Waals surface area contributed by atoms with Gasteiger partial charge in [-0.1, -0.05) is 0 Å². The second-order valence-electron chi connectivity index (χ2n) is 5.52. The molecule has 1 aliphatic carbocycles. The Hall–Kier alpha value is -1.56. The number of likely N-dealkylation sites (tertiary alicyclic amines) is 1. The number of rotatable bonds is 6. The van der Waals surface area contributed by atoms with Crippen LogP contribution < -0.4 is 4.74 Å². The normalized spacial score (nSPS) is 22.2. The summed E-state index contributed by atoms with van der Waals surface area (Å²) in [6.07, 6.45) is 6.73. The lowest BCUT2D eigenvalue weighted by Crippen LogP contribution is -2.31. The zero-order valence-corrected chi connectivity index (χ0v) is 11.8. The molecule has 1 unspecified atom stereocenters. The molecule has 110 valence electrons. The molecule has 20 heavy (non-hydrogen) atoms. The van der Waals surface area contributed by atoms with Crippen molar-refractivity contribution in [1.82, 2.24) is 14.7 Å². The van der Waals surface area contributed by atoms with Crippen molar-refractivity contribution in [3.63, 3.8) is 0 Å². The molecule has 6 heteroatoms. The number of hydrogen-bond acceptors (Lipinski definition) is 4. The van der Waals surface area contributed by atoms with E-state index < -0.39 is 0 Å². The molecule has 1 aromatic rings. The van der Waals surface area contributed by atoms with E-state index in [9.17, 15) is 4.79 Å². The Balaban J connectivity index is 1.48. The van der Waals surface area contributed by atoms with Gasteiger partial charge in [-0.05, 0) is 12.8 Å². The van der Waals surface area contributed by atoms with Gasteiger partial charge >= 0.3 is 0 Å². The van der Waals surface area contributed by atoms with Crippen molar-refractivity contribution in [2.75, 3.05) is 26.8 Å². The van der Waals surface area contributed by atoms with Crippen molar-refractivity contribution < 1.29 is 14.3 Å². The second kappa shape index (κ2) is 5.83. The minimum absolute atomic E-state index is 0.0952. The summed E-state index contributed by atoms with van der Waals surface area (Å²) in [4.78, 5) is 13.9. The van der Waals surface area contributed by atoms with Crippen LogP contribution in [0.2, 0.25) is 0 Å². The maximum absolute atomic E-state index is 12.0. The van der Waals surface area contributed by atoms with Crippen LogP contribution in [0.25, 0.3) is 0 Å². The summed E-state index contributed by atoms with van der Waals surface area (Å²) in [6.45, 7) is 2.88. The molecule has 1 saturated carbocycles. The average molecular weight is 279 g/mol. The standard InChI is InChI=1S/C14H21N3O3/c1-19-7-6-17-10-13(8-15-17)20-12-4-5-16(9-12)14(18)11-2-3-11/h8,10-12H,2-7,9H2,1H3. The number of carbonyl (C=O) groups is 1. The molecule has 0 aromatic carbocycles. The summed E-state index contributed by atoms with van der Waals surface area (Å²) >= 11 is 0. The van der Waals surface area contributed by atoms with Crippen LogP contribution in [0, 0.1) is 5.92 Å². The van der Waals surface area contributed by atoms with Crippen molar-refractivity contribution in [1.29, 1.82) is 0 Å². The quantitative estimate of drug-likeness (QED) is 0.777. The molecule has 1 aromatic heterocycles. The summed E-state index contributed by atoms with van der Waals surface area (Å²) in [5.41, 5.74) is 0. The summed E-state index contributed by atoms with van der Waals surface area (Å²) in [5, 5.41) is 4.22. The van der Waals surface area contributed by atoms with Crippen molar-refractivity contribution in [3.8, 4) is 5.75 Å². The Kier molecular flexibility index (Phi) is 3.91. The molecule has 0 N–H and O–H groups in total. The topological polar surface area (TPSA) is 56.6 Å². The van der Waals surface area contributed by atoms with Crippen LogP contribution in [0.3, 0.4) is 0 Å². The molecule has 2 fully saturated rings. The number of ether oxygens (including phenoxy) is 2. The fourth-order valence-corrected chi connectivity index (χ4v) is 2.52. The van der Waals surface area contributed by atoms with Gasteiger partial charge in [0.05, 0.1) is 32.1 Å². The van der Waals surface area contributed by atoms with Crippen LogP contribution in [-0.2, 0) is 16.1 Å². The van der Waals surface area contributed by atoms with Gasteiger partial charge in [0.15, 0.2) is 5.75 Å². The van der Waals surface area contributed by atoms with Gasteiger partial charge in [-0.2, -0.15) is 5.10 Å². The first-order chi connectivity index (χ1) is 9.76. The van der Waals surface area contributed by atoms with Gasteiger partial charge in [-0.3, -0.25) is 9.48 Å². The molecule has 1 saturated heterocycles. The number of carbonyl (C=O) groups excluding carboxylic acids is 1. The van der Waals surface area contributed by atoms with E-state index in [4.69, 9.17) is 9.47 Å². The Morgan fingerprint density at radius 2 is 2.30 bits per heavy atom. The maximum Gasteiger partial charge on any atom is 0.225 e. The third-order valence-corrected chi connectivity index (χ3v) is 3.82. The minimum Gasteiger partial charge on any atom is -0.485 e. The van der Waals surface area contributed by atoms with E-state index in [0.717, 1.165) is 38.1 Å². The molecule has 2 heterocycles. The highest BCUT2D eigenvalue weighted by molar-refractivity contribution is 5.81. The van der Waals surface area contributed by atoms with E-state index in [1.54, 1.807) is 18.0 Å². The Bertz CT molecular complexity index is 470. The molecular formula is C14H21N3O3. The van der Waals surface area contributed by atoms with Crippen LogP contribution in [-0.4, -0.2) is 53.5 Å². The molecule has 6 nitrogen and oxygen atoms in total. The summed E-state index contributed by atoms with van der Waals surface area (Å²) in [5.74, 6) is 1.38. The zero-order chi connectivity index (χ0) is 13.9. The molecule has 1 aliphatic heterocycles. The van der Waals surface area contributed by atoms with Crippen molar-refractivity contribution >= 4 is 5.91 Å². The van der Waals surface area contributed by atoms with E-state index in [2.05, 4.69) is 5.10 Å². The number of amides is 1. The Labute approximate surface area is 118 Å². The van der Waals surface area contributed by atoms with Crippen LogP contribution in [0.1, 0.15) is 19.3 Å². The fourth-order valence-electron chi connectivity index (χ4n) is 2.52. The number of nitrogens with zero attached hydrogens (tertiary/aromatic N) is 3. The van der Waals surface area contributed by atoms with Crippen molar-refractivity contribution in [2.45, 2.75) is 31.9 Å². The smallest absolute Gasteiger partial charge is 0.225 e. The number of aromatic nitrogens is 2. The van der Waals surface area contributed by atoms with Crippen molar-refractivity contribution in [2.24, 2.45) is 5.92 Å². The average Bonchev–Trinajstić information content (AvgIpc) is 3.04. The summed E-state index contributed by atoms with van der Waals surface area (Å²) < 4.78 is 12.7. The highest BCUT2D eigenvalue weighted by atomic mass is 16.5. The van der Waals surface area contributed by atoms with Gasteiger partial charge in [0.1, 0.15) is 6.10 Å². The largest absolute Gasteiger partial charge is 0.485 e. The van der Waals surface area contributed by atoms with Crippen LogP contribution in [0.5, 0.6) is 5.75 Å². The monoisotopic (exact) mass is 279 g/mol. The van der Waals surface area contributed by atoms with Crippen molar-refractivity contribution in [3.05, 3.63) is 12.4 Å². The fraction of sp³-hybridized carbons (Fsp3) is 0.714. The van der Waals surface area contributed by atoms with Gasteiger partial charge in [0, 0.05) is 26.0 Å². The van der Waals surface area contributed by atoms with Crippen LogP contribution in [0.4, 0.5) is 0 Å². The van der Waals surface area contributed by atoms with Gasteiger partial charge in [0.2, 0.25) is 5.91 Å². The van der Waals surface area contributed by atoms with Gasteiger partial charge < -0.3 is 14.4 Å². The predicted molar refractivity (Wildman–Crippen MR) is 72.4 cm³/mol. The first kappa shape index (κ1) is 13.4. The van der Waals surface area contributed by atoms with E-state index in [1.165, 1.54) is 0 Å². The molecule has 1 atom stereocenters. The molecule has 2 aliphatic rings. The van der Waals surface area contributed by atoms with Gasteiger partial charge in [-0.15, -0.1) is 0 Å². The third kappa shape index (κ3) is 3.12. The Morgan fingerprint density at radius 3 is 3.05 bits per heavy atom. The zero-order valence-electron chi connectivity index (χ0n) is 11.8. The first-order valence-electron chi connectivity index (χ1n) is 7.23. The predicted octanol–water partition coefficient (Wildman–Crippen LogP) is 0.919. The molecule has 0 bridgehead atoms. The highest BCUT2D eigenvalue weighted by Gasteiger charge is 2.37. The lowest BCUT2D eigenvalue weighted by Gasteiger charge is -2.16. The molecular weight excluding hydrogens is 258 g/mol. The van der Waals surface area contributed by atoms with Gasteiger partial charge in [-0.25, -0.2) is 0 Å². The summed E-state index contributed by atoms with van der Waals surface area (Å²) in [7, 11) is 1.67. The van der Waals surface area contributed by atoms with E-state index in [0.29, 0.717) is 25.0 Å².